The van der Waals surface area contributed by atoms with Gasteiger partial charge in [-0.1, -0.05) is 12.1 Å². The molecule has 1 aromatic carbocycles. The highest BCUT2D eigenvalue weighted by atomic mass is 35.5. The second kappa shape index (κ2) is 7.15. The van der Waals surface area contributed by atoms with Crippen molar-refractivity contribution in [2.24, 2.45) is 0 Å². The summed E-state index contributed by atoms with van der Waals surface area (Å²) in [5.41, 5.74) is 0.989. The molecule has 0 radical (unpaired) electrons. The number of nitrogens with zero attached hydrogens (tertiary/aromatic N) is 1. The zero-order valence-electron chi connectivity index (χ0n) is 11.1. The van der Waals surface area contributed by atoms with Crippen LogP contribution in [0, 0.1) is 0 Å². The molecule has 0 aliphatic carbocycles. The van der Waals surface area contributed by atoms with Crippen molar-refractivity contribution in [2.75, 3.05) is 19.6 Å². The fourth-order valence-corrected chi connectivity index (χ4v) is 2.15. The minimum absolute atomic E-state index is 0. The average Bonchev–Trinajstić information content (AvgIpc) is 2.33. The molecule has 1 aliphatic rings. The van der Waals surface area contributed by atoms with Gasteiger partial charge >= 0.3 is 6.36 Å². The molecule has 0 saturated carbocycles. The van der Waals surface area contributed by atoms with Gasteiger partial charge in [-0.25, -0.2) is 0 Å². The van der Waals surface area contributed by atoms with Crippen LogP contribution in [0.2, 0.25) is 0 Å². The first-order valence-electron chi connectivity index (χ1n) is 6.23. The molecule has 0 aromatic heterocycles. The second-order valence-corrected chi connectivity index (χ2v) is 4.72. The Bertz CT molecular complexity index is 411. The highest BCUT2D eigenvalue weighted by Crippen LogP contribution is 2.23. The Morgan fingerprint density at radius 3 is 2.50 bits per heavy atom. The van der Waals surface area contributed by atoms with E-state index < -0.39 is 6.36 Å². The molecule has 1 atom stereocenters. The summed E-state index contributed by atoms with van der Waals surface area (Å²) < 4.78 is 39.9. The van der Waals surface area contributed by atoms with Crippen molar-refractivity contribution in [1.82, 2.24) is 10.2 Å². The Balaban J connectivity index is 0.00000200. The second-order valence-electron chi connectivity index (χ2n) is 4.72. The maximum Gasteiger partial charge on any atom is 0.573 e. The Labute approximate surface area is 122 Å². The Kier molecular flexibility index (Phi) is 6.10. The monoisotopic (exact) mass is 310 g/mol. The average molecular weight is 311 g/mol. The summed E-state index contributed by atoms with van der Waals surface area (Å²) in [5, 5.41) is 3.30. The van der Waals surface area contributed by atoms with E-state index in [0.29, 0.717) is 6.04 Å². The third-order valence-electron chi connectivity index (χ3n) is 3.18. The summed E-state index contributed by atoms with van der Waals surface area (Å²) in [5.74, 6) is -0.176. The zero-order valence-corrected chi connectivity index (χ0v) is 11.9. The maximum absolute atomic E-state index is 12.0. The Morgan fingerprint density at radius 1 is 1.30 bits per heavy atom. The number of piperazine rings is 1. The van der Waals surface area contributed by atoms with Crippen molar-refractivity contribution in [3.8, 4) is 5.75 Å². The van der Waals surface area contributed by atoms with Gasteiger partial charge < -0.3 is 10.1 Å². The lowest BCUT2D eigenvalue weighted by Gasteiger charge is -2.33. The van der Waals surface area contributed by atoms with Gasteiger partial charge in [-0.15, -0.1) is 25.6 Å². The quantitative estimate of drug-likeness (QED) is 0.929. The molecule has 2 rings (SSSR count). The van der Waals surface area contributed by atoms with Gasteiger partial charge in [-0.05, 0) is 24.6 Å². The molecular formula is C13H18ClF3N2O. The summed E-state index contributed by atoms with van der Waals surface area (Å²) in [7, 11) is 0. The smallest absolute Gasteiger partial charge is 0.406 e. The standard InChI is InChI=1S/C13H17F3N2O.ClH/c1-10-8-17-6-7-18(10)9-11-2-4-12(5-3-11)19-13(14,15)16;/h2-5,10,17H,6-9H2,1H3;1H/t10-;/m0./s1. The van der Waals surface area contributed by atoms with Crippen LogP contribution in [0.25, 0.3) is 0 Å². The predicted molar refractivity (Wildman–Crippen MR) is 73.1 cm³/mol. The molecule has 1 heterocycles. The number of hydrogen-bond donors (Lipinski definition) is 1. The Hall–Kier alpha value is -0.980. The van der Waals surface area contributed by atoms with E-state index in [1.54, 1.807) is 12.1 Å². The van der Waals surface area contributed by atoms with Gasteiger partial charge in [-0.3, -0.25) is 4.90 Å². The summed E-state index contributed by atoms with van der Waals surface area (Å²) in [6.45, 7) is 5.71. The number of rotatable bonds is 3. The van der Waals surface area contributed by atoms with Crippen molar-refractivity contribution in [3.05, 3.63) is 29.8 Å². The van der Waals surface area contributed by atoms with E-state index in [1.165, 1.54) is 12.1 Å². The van der Waals surface area contributed by atoms with Crippen molar-refractivity contribution in [2.45, 2.75) is 25.9 Å². The topological polar surface area (TPSA) is 24.5 Å². The van der Waals surface area contributed by atoms with Crippen LogP contribution in [0.3, 0.4) is 0 Å². The van der Waals surface area contributed by atoms with Gasteiger partial charge in [0.1, 0.15) is 5.75 Å². The number of ether oxygens (including phenoxy) is 1. The largest absolute Gasteiger partial charge is 0.573 e. The van der Waals surface area contributed by atoms with Crippen LogP contribution in [0.4, 0.5) is 13.2 Å². The van der Waals surface area contributed by atoms with Gasteiger partial charge in [0.25, 0.3) is 0 Å². The molecular weight excluding hydrogens is 293 g/mol. The molecule has 1 saturated heterocycles. The fraction of sp³-hybridized carbons (Fsp3) is 0.538. The SMILES string of the molecule is C[C@H]1CNCCN1Cc1ccc(OC(F)(F)F)cc1.Cl. The van der Waals surface area contributed by atoms with E-state index in [9.17, 15) is 13.2 Å². The van der Waals surface area contributed by atoms with Crippen LogP contribution in [-0.2, 0) is 6.54 Å². The van der Waals surface area contributed by atoms with Crippen molar-refractivity contribution in [1.29, 1.82) is 0 Å². The lowest BCUT2D eigenvalue weighted by molar-refractivity contribution is -0.274. The third-order valence-corrected chi connectivity index (χ3v) is 3.18. The summed E-state index contributed by atoms with van der Waals surface area (Å²) in [6, 6.07) is 6.50. The van der Waals surface area contributed by atoms with Crippen LogP contribution in [0.15, 0.2) is 24.3 Å². The summed E-state index contributed by atoms with van der Waals surface area (Å²) in [4.78, 5) is 2.30. The number of hydrogen-bond acceptors (Lipinski definition) is 3. The van der Waals surface area contributed by atoms with Gasteiger partial charge in [0, 0.05) is 32.2 Å². The van der Waals surface area contributed by atoms with E-state index in [4.69, 9.17) is 0 Å². The third kappa shape index (κ3) is 5.19. The number of nitrogens with one attached hydrogen (secondary N) is 1. The molecule has 0 amide bonds. The molecule has 0 spiro atoms. The molecule has 3 nitrogen and oxygen atoms in total. The molecule has 20 heavy (non-hydrogen) atoms. The normalized spacial score (nSPS) is 20.3. The summed E-state index contributed by atoms with van der Waals surface area (Å²) >= 11 is 0. The Morgan fingerprint density at radius 2 is 1.95 bits per heavy atom. The molecule has 1 N–H and O–H groups in total. The molecule has 114 valence electrons. The molecule has 1 aromatic rings. The predicted octanol–water partition coefficient (Wildman–Crippen LogP) is 2.80. The first-order chi connectivity index (χ1) is 8.94. The van der Waals surface area contributed by atoms with Gasteiger partial charge in [0.15, 0.2) is 0 Å². The maximum atomic E-state index is 12.0. The molecule has 1 fully saturated rings. The van der Waals surface area contributed by atoms with Crippen molar-refractivity contribution < 1.29 is 17.9 Å². The van der Waals surface area contributed by atoms with E-state index >= 15 is 0 Å². The minimum Gasteiger partial charge on any atom is -0.406 e. The zero-order chi connectivity index (χ0) is 13.9. The van der Waals surface area contributed by atoms with Crippen molar-refractivity contribution in [3.63, 3.8) is 0 Å². The lowest BCUT2D eigenvalue weighted by atomic mass is 10.1. The van der Waals surface area contributed by atoms with Gasteiger partial charge in [-0.2, -0.15) is 0 Å². The fourth-order valence-electron chi connectivity index (χ4n) is 2.15. The molecule has 0 unspecified atom stereocenters. The minimum atomic E-state index is -4.63. The first kappa shape index (κ1) is 17.1. The van der Waals surface area contributed by atoms with Crippen molar-refractivity contribution >= 4 is 12.4 Å². The summed E-state index contributed by atoms with van der Waals surface area (Å²) in [6.07, 6.45) is -4.63. The van der Waals surface area contributed by atoms with Crippen LogP contribution < -0.4 is 10.1 Å². The molecule has 0 bridgehead atoms. The molecule has 1 aliphatic heterocycles. The lowest BCUT2D eigenvalue weighted by Crippen LogP contribution is -2.49. The highest BCUT2D eigenvalue weighted by molar-refractivity contribution is 5.85. The van der Waals surface area contributed by atoms with Crippen LogP contribution in [-0.4, -0.2) is 36.9 Å². The number of halogens is 4. The van der Waals surface area contributed by atoms with Crippen LogP contribution in [0.5, 0.6) is 5.75 Å². The first-order valence-corrected chi connectivity index (χ1v) is 6.23. The highest BCUT2D eigenvalue weighted by Gasteiger charge is 2.31. The van der Waals surface area contributed by atoms with Crippen LogP contribution in [0.1, 0.15) is 12.5 Å². The van der Waals surface area contributed by atoms with E-state index in [-0.39, 0.29) is 18.2 Å². The number of benzene rings is 1. The molecule has 7 heteroatoms. The van der Waals surface area contributed by atoms with E-state index in [0.717, 1.165) is 31.7 Å². The van der Waals surface area contributed by atoms with Gasteiger partial charge in [0.05, 0.1) is 0 Å². The van der Waals surface area contributed by atoms with Crippen LogP contribution >= 0.6 is 12.4 Å². The number of alkyl halides is 3. The van der Waals surface area contributed by atoms with E-state index in [2.05, 4.69) is 21.9 Å². The van der Waals surface area contributed by atoms with E-state index in [1.807, 2.05) is 0 Å². The van der Waals surface area contributed by atoms with Gasteiger partial charge in [0.2, 0.25) is 0 Å².